The van der Waals surface area contributed by atoms with Gasteiger partial charge in [0.15, 0.2) is 0 Å². The summed E-state index contributed by atoms with van der Waals surface area (Å²) in [5.74, 6) is 0.295. The van der Waals surface area contributed by atoms with Crippen LogP contribution in [0.25, 0.3) is 0 Å². The fourth-order valence-corrected chi connectivity index (χ4v) is 4.90. The molecule has 0 N–H and O–H groups in total. The molecule has 2 aliphatic heterocycles. The quantitative estimate of drug-likeness (QED) is 0.789. The highest BCUT2D eigenvalue weighted by molar-refractivity contribution is 7.09. The summed E-state index contributed by atoms with van der Waals surface area (Å²) in [6.45, 7) is 6.68. The molecule has 4 rings (SSSR count). The summed E-state index contributed by atoms with van der Waals surface area (Å²) in [6.07, 6.45) is 2.89. The maximum absolute atomic E-state index is 12.6. The molecule has 4 nitrogen and oxygen atoms in total. The average Bonchev–Trinajstić information content (AvgIpc) is 3.16. The standard InChI is InChI=1S/C20H24ClN3OS/c1-15-22-18(13-26-15)12-23-8-6-20(7-9-23)10-19(25)24(14-20)11-16-2-4-17(21)5-3-16/h2-5,13H,6-12,14H2,1H3. The molecular formula is C20H24ClN3OS. The van der Waals surface area contributed by atoms with Crippen LogP contribution in [0.1, 0.15) is 35.5 Å². The van der Waals surface area contributed by atoms with Gasteiger partial charge in [-0.25, -0.2) is 4.98 Å². The molecule has 6 heteroatoms. The predicted molar refractivity (Wildman–Crippen MR) is 105 cm³/mol. The van der Waals surface area contributed by atoms with Crippen molar-refractivity contribution in [2.24, 2.45) is 5.41 Å². The van der Waals surface area contributed by atoms with Gasteiger partial charge in [-0.15, -0.1) is 11.3 Å². The Morgan fingerprint density at radius 3 is 2.58 bits per heavy atom. The number of halogens is 1. The van der Waals surface area contributed by atoms with E-state index in [-0.39, 0.29) is 5.41 Å². The summed E-state index contributed by atoms with van der Waals surface area (Å²) in [5.41, 5.74) is 2.49. The molecule has 1 aromatic heterocycles. The van der Waals surface area contributed by atoms with Crippen molar-refractivity contribution in [2.45, 2.75) is 39.3 Å². The van der Waals surface area contributed by atoms with Gasteiger partial charge in [0.05, 0.1) is 10.7 Å². The lowest BCUT2D eigenvalue weighted by Gasteiger charge is -2.38. The van der Waals surface area contributed by atoms with Crippen LogP contribution in [0.4, 0.5) is 0 Å². The van der Waals surface area contributed by atoms with Gasteiger partial charge in [0.1, 0.15) is 0 Å². The minimum atomic E-state index is 0.165. The van der Waals surface area contributed by atoms with Gasteiger partial charge in [-0.1, -0.05) is 23.7 Å². The number of carbonyl (C=O) groups excluding carboxylic acids is 1. The van der Waals surface area contributed by atoms with E-state index in [0.717, 1.165) is 54.6 Å². The number of likely N-dealkylation sites (tertiary alicyclic amines) is 2. The van der Waals surface area contributed by atoms with E-state index in [2.05, 4.69) is 22.2 Å². The van der Waals surface area contributed by atoms with E-state index in [0.29, 0.717) is 18.9 Å². The maximum atomic E-state index is 12.6. The lowest BCUT2D eigenvalue weighted by atomic mass is 9.77. The van der Waals surface area contributed by atoms with E-state index in [1.54, 1.807) is 11.3 Å². The summed E-state index contributed by atoms with van der Waals surface area (Å²) >= 11 is 7.67. The predicted octanol–water partition coefficient (Wildman–Crippen LogP) is 4.12. The molecule has 0 radical (unpaired) electrons. The number of carbonyl (C=O) groups is 1. The first-order chi connectivity index (χ1) is 12.5. The van der Waals surface area contributed by atoms with Gasteiger partial charge in [-0.2, -0.15) is 0 Å². The van der Waals surface area contributed by atoms with Crippen LogP contribution in [0, 0.1) is 12.3 Å². The fraction of sp³-hybridized carbons (Fsp3) is 0.500. The average molecular weight is 390 g/mol. The van der Waals surface area contributed by atoms with Gasteiger partial charge in [0.2, 0.25) is 5.91 Å². The molecule has 0 bridgehead atoms. The highest BCUT2D eigenvalue weighted by Crippen LogP contribution is 2.41. The molecule has 1 spiro atoms. The number of hydrogen-bond acceptors (Lipinski definition) is 4. The van der Waals surface area contributed by atoms with E-state index >= 15 is 0 Å². The van der Waals surface area contributed by atoms with Gasteiger partial charge in [0, 0.05) is 36.5 Å². The van der Waals surface area contributed by atoms with E-state index in [4.69, 9.17) is 11.6 Å². The number of aryl methyl sites for hydroxylation is 1. The highest BCUT2D eigenvalue weighted by Gasteiger charge is 2.44. The highest BCUT2D eigenvalue weighted by atomic mass is 35.5. The minimum absolute atomic E-state index is 0.165. The van der Waals surface area contributed by atoms with Crippen molar-refractivity contribution in [3.63, 3.8) is 0 Å². The normalized spacial score (nSPS) is 20.2. The smallest absolute Gasteiger partial charge is 0.223 e. The fourth-order valence-electron chi connectivity index (χ4n) is 4.17. The lowest BCUT2D eigenvalue weighted by Crippen LogP contribution is -2.41. The molecule has 1 aromatic carbocycles. The van der Waals surface area contributed by atoms with E-state index < -0.39 is 0 Å². The van der Waals surface area contributed by atoms with Crippen LogP contribution >= 0.6 is 22.9 Å². The van der Waals surface area contributed by atoms with Crippen molar-refractivity contribution in [1.82, 2.24) is 14.8 Å². The van der Waals surface area contributed by atoms with Crippen molar-refractivity contribution in [1.29, 1.82) is 0 Å². The number of amides is 1. The number of thiazole rings is 1. The maximum Gasteiger partial charge on any atom is 0.223 e. The Balaban J connectivity index is 1.34. The third kappa shape index (κ3) is 3.95. The zero-order chi connectivity index (χ0) is 18.1. The van der Waals surface area contributed by atoms with Crippen LogP contribution in [0.5, 0.6) is 0 Å². The Hall–Kier alpha value is -1.43. The van der Waals surface area contributed by atoms with Crippen molar-refractivity contribution in [2.75, 3.05) is 19.6 Å². The van der Waals surface area contributed by atoms with Crippen LogP contribution in [-0.2, 0) is 17.9 Å². The molecule has 0 aliphatic carbocycles. The molecule has 2 fully saturated rings. The molecule has 26 heavy (non-hydrogen) atoms. The van der Waals surface area contributed by atoms with E-state index in [1.807, 2.05) is 29.2 Å². The van der Waals surface area contributed by atoms with Crippen LogP contribution in [-0.4, -0.2) is 40.3 Å². The largest absolute Gasteiger partial charge is 0.338 e. The summed E-state index contributed by atoms with van der Waals surface area (Å²) < 4.78 is 0. The summed E-state index contributed by atoms with van der Waals surface area (Å²) in [7, 11) is 0. The number of piperidine rings is 1. The number of benzene rings is 1. The van der Waals surface area contributed by atoms with Crippen molar-refractivity contribution in [3.05, 3.63) is 50.9 Å². The molecule has 2 saturated heterocycles. The number of hydrogen-bond donors (Lipinski definition) is 0. The van der Waals surface area contributed by atoms with Crippen molar-refractivity contribution in [3.8, 4) is 0 Å². The monoisotopic (exact) mass is 389 g/mol. The minimum Gasteiger partial charge on any atom is -0.338 e. The van der Waals surface area contributed by atoms with Gasteiger partial charge >= 0.3 is 0 Å². The molecule has 0 atom stereocenters. The summed E-state index contributed by atoms with van der Waals surface area (Å²) in [5, 5.41) is 4.03. The van der Waals surface area contributed by atoms with Crippen LogP contribution < -0.4 is 0 Å². The second-order valence-corrected chi connectivity index (χ2v) is 9.19. The molecule has 2 aromatic rings. The first kappa shape index (κ1) is 18.0. The number of aromatic nitrogens is 1. The van der Waals surface area contributed by atoms with Crippen LogP contribution in [0.2, 0.25) is 5.02 Å². The zero-order valence-corrected chi connectivity index (χ0v) is 16.7. The Labute approximate surface area is 163 Å². The molecule has 0 unspecified atom stereocenters. The third-order valence-corrected chi connectivity index (χ3v) is 6.74. The Morgan fingerprint density at radius 2 is 1.92 bits per heavy atom. The topological polar surface area (TPSA) is 36.4 Å². The lowest BCUT2D eigenvalue weighted by molar-refractivity contribution is -0.128. The van der Waals surface area contributed by atoms with Crippen LogP contribution in [0.15, 0.2) is 29.6 Å². The second kappa shape index (κ2) is 7.29. The molecule has 3 heterocycles. The molecular weight excluding hydrogens is 366 g/mol. The van der Waals surface area contributed by atoms with Crippen LogP contribution in [0.3, 0.4) is 0 Å². The molecule has 2 aliphatic rings. The number of rotatable bonds is 4. The second-order valence-electron chi connectivity index (χ2n) is 7.69. The van der Waals surface area contributed by atoms with E-state index in [1.165, 1.54) is 5.69 Å². The van der Waals surface area contributed by atoms with Gasteiger partial charge in [0.25, 0.3) is 0 Å². The summed E-state index contributed by atoms with van der Waals surface area (Å²) in [6, 6.07) is 7.82. The van der Waals surface area contributed by atoms with Gasteiger partial charge in [-0.3, -0.25) is 9.69 Å². The Kier molecular flexibility index (Phi) is 5.04. The van der Waals surface area contributed by atoms with Crippen molar-refractivity contribution >= 4 is 28.8 Å². The molecule has 1 amide bonds. The zero-order valence-electron chi connectivity index (χ0n) is 15.1. The first-order valence-corrected chi connectivity index (χ1v) is 10.4. The van der Waals surface area contributed by atoms with Gasteiger partial charge in [-0.05, 0) is 56.0 Å². The first-order valence-electron chi connectivity index (χ1n) is 9.17. The van der Waals surface area contributed by atoms with Crippen molar-refractivity contribution < 1.29 is 4.79 Å². The SMILES string of the molecule is Cc1nc(CN2CCC3(CC2)CC(=O)N(Cc2ccc(Cl)cc2)C3)cs1. The summed E-state index contributed by atoms with van der Waals surface area (Å²) in [4.78, 5) is 21.7. The van der Waals surface area contributed by atoms with E-state index in [9.17, 15) is 4.79 Å². The third-order valence-electron chi connectivity index (χ3n) is 5.66. The van der Waals surface area contributed by atoms with Gasteiger partial charge < -0.3 is 4.90 Å². The Morgan fingerprint density at radius 1 is 1.19 bits per heavy atom. The molecule has 138 valence electrons. The molecule has 0 saturated carbocycles. The Bertz CT molecular complexity index is 781. The number of nitrogens with zero attached hydrogens (tertiary/aromatic N) is 3.